The molecule has 0 amide bonds. The molecule has 1 saturated heterocycles. The molecule has 0 bridgehead atoms. The highest BCUT2D eigenvalue weighted by atomic mass is 32.4. The van der Waals surface area contributed by atoms with Crippen LogP contribution in [0.25, 0.3) is 0 Å². The van der Waals surface area contributed by atoms with Crippen LogP contribution in [0.5, 0.6) is 0 Å². The second kappa shape index (κ2) is 2.69. The van der Waals surface area contributed by atoms with Crippen LogP contribution in [0.1, 0.15) is 20.3 Å². The zero-order valence-corrected chi connectivity index (χ0v) is 7.67. The lowest BCUT2D eigenvalue weighted by Crippen LogP contribution is -1.94. The summed E-state index contributed by atoms with van der Waals surface area (Å²) >= 11 is 5.33. The van der Waals surface area contributed by atoms with E-state index in [1.807, 2.05) is 0 Å². The Labute approximate surface area is 61.9 Å². The SMILES string of the molecule is CC[P@@]1(=S)CC[C@H](C)O1. The maximum atomic E-state index is 5.62. The summed E-state index contributed by atoms with van der Waals surface area (Å²) in [6.07, 6.45) is 2.60. The van der Waals surface area contributed by atoms with Gasteiger partial charge in [-0.25, -0.2) is 0 Å². The summed E-state index contributed by atoms with van der Waals surface area (Å²) in [6, 6.07) is 0. The molecule has 54 valence electrons. The van der Waals surface area contributed by atoms with Gasteiger partial charge >= 0.3 is 0 Å². The van der Waals surface area contributed by atoms with Crippen LogP contribution >= 0.6 is 6.26 Å². The van der Waals surface area contributed by atoms with Crippen LogP contribution in [0.3, 0.4) is 0 Å². The molecule has 0 aromatic rings. The molecule has 3 heteroatoms. The standard InChI is InChI=1S/C6H13OPS/c1-3-8(9)5-4-6(2)7-8/h6H,3-5H2,1-2H3/t6-,8+/m0/s1. The first-order valence-corrected chi connectivity index (χ1v) is 6.52. The molecule has 9 heavy (non-hydrogen) atoms. The van der Waals surface area contributed by atoms with E-state index in [1.165, 1.54) is 12.6 Å². The van der Waals surface area contributed by atoms with Crippen LogP contribution in [0.4, 0.5) is 0 Å². The zero-order chi connectivity index (χ0) is 6.91. The zero-order valence-electron chi connectivity index (χ0n) is 5.96. The van der Waals surface area contributed by atoms with Crippen LogP contribution in [0.2, 0.25) is 0 Å². The van der Waals surface area contributed by atoms with Crippen LogP contribution < -0.4 is 0 Å². The van der Waals surface area contributed by atoms with Gasteiger partial charge in [-0.15, -0.1) is 0 Å². The third-order valence-corrected chi connectivity index (χ3v) is 5.96. The molecule has 0 saturated carbocycles. The van der Waals surface area contributed by atoms with Gasteiger partial charge in [0, 0.05) is 6.16 Å². The van der Waals surface area contributed by atoms with E-state index in [0.717, 1.165) is 6.16 Å². The van der Waals surface area contributed by atoms with Gasteiger partial charge in [0.1, 0.15) is 0 Å². The summed E-state index contributed by atoms with van der Waals surface area (Å²) in [5, 5.41) is 0. The first-order chi connectivity index (χ1) is 4.16. The van der Waals surface area contributed by atoms with E-state index in [9.17, 15) is 0 Å². The van der Waals surface area contributed by atoms with Crippen molar-refractivity contribution >= 4 is 18.1 Å². The highest BCUT2D eigenvalue weighted by Crippen LogP contribution is 2.53. The Morgan fingerprint density at radius 3 is 2.67 bits per heavy atom. The maximum Gasteiger partial charge on any atom is 0.0676 e. The van der Waals surface area contributed by atoms with E-state index >= 15 is 0 Å². The van der Waals surface area contributed by atoms with Gasteiger partial charge in [0.2, 0.25) is 0 Å². The van der Waals surface area contributed by atoms with Gasteiger partial charge in [0.15, 0.2) is 0 Å². The highest BCUT2D eigenvalue weighted by molar-refractivity contribution is 8.12. The molecule has 0 aromatic heterocycles. The van der Waals surface area contributed by atoms with E-state index in [2.05, 4.69) is 13.8 Å². The summed E-state index contributed by atoms with van der Waals surface area (Å²) < 4.78 is 5.62. The highest BCUT2D eigenvalue weighted by Gasteiger charge is 2.26. The molecule has 0 spiro atoms. The van der Waals surface area contributed by atoms with Crippen molar-refractivity contribution in [3.05, 3.63) is 0 Å². The van der Waals surface area contributed by atoms with E-state index in [0.29, 0.717) is 6.10 Å². The molecule has 1 fully saturated rings. The predicted molar refractivity (Wildman–Crippen MR) is 44.9 cm³/mol. The van der Waals surface area contributed by atoms with Crippen molar-refractivity contribution < 1.29 is 4.52 Å². The lowest BCUT2D eigenvalue weighted by atomic mass is 10.3. The van der Waals surface area contributed by atoms with Crippen molar-refractivity contribution in [3.63, 3.8) is 0 Å². The second-order valence-electron chi connectivity index (χ2n) is 2.56. The molecule has 0 unspecified atom stereocenters. The number of hydrogen-bond acceptors (Lipinski definition) is 2. The van der Waals surface area contributed by atoms with Gasteiger partial charge in [-0.1, -0.05) is 18.7 Å². The van der Waals surface area contributed by atoms with Crippen LogP contribution in [-0.4, -0.2) is 18.4 Å². The lowest BCUT2D eigenvalue weighted by Gasteiger charge is -2.11. The molecule has 0 N–H and O–H groups in total. The van der Waals surface area contributed by atoms with Gasteiger partial charge in [0.05, 0.1) is 12.4 Å². The third-order valence-electron chi connectivity index (χ3n) is 1.73. The van der Waals surface area contributed by atoms with Crippen LogP contribution in [0.15, 0.2) is 0 Å². The van der Waals surface area contributed by atoms with E-state index in [-0.39, 0.29) is 0 Å². The maximum absolute atomic E-state index is 5.62. The minimum atomic E-state index is -1.27. The fourth-order valence-electron chi connectivity index (χ4n) is 1.04. The van der Waals surface area contributed by atoms with Crippen molar-refractivity contribution in [1.29, 1.82) is 0 Å². The fourth-order valence-corrected chi connectivity index (χ4v) is 3.89. The quantitative estimate of drug-likeness (QED) is 0.549. The van der Waals surface area contributed by atoms with E-state index in [1.54, 1.807) is 0 Å². The van der Waals surface area contributed by atoms with Gasteiger partial charge in [-0.05, 0) is 19.5 Å². The Kier molecular flexibility index (Phi) is 2.31. The Morgan fingerprint density at radius 2 is 2.44 bits per heavy atom. The van der Waals surface area contributed by atoms with Crippen LogP contribution in [0, 0.1) is 0 Å². The average Bonchev–Trinajstić information content (AvgIpc) is 2.13. The summed E-state index contributed by atoms with van der Waals surface area (Å²) in [7, 11) is 0. The van der Waals surface area contributed by atoms with Crippen molar-refractivity contribution in [2.75, 3.05) is 12.3 Å². The topological polar surface area (TPSA) is 9.23 Å². The van der Waals surface area contributed by atoms with Crippen molar-refractivity contribution in [2.24, 2.45) is 0 Å². The van der Waals surface area contributed by atoms with Crippen molar-refractivity contribution in [3.8, 4) is 0 Å². The molecule has 1 aliphatic rings. The third kappa shape index (κ3) is 1.76. The molecular formula is C6H13OPS. The van der Waals surface area contributed by atoms with Crippen LogP contribution in [-0.2, 0) is 16.3 Å². The monoisotopic (exact) mass is 164 g/mol. The summed E-state index contributed by atoms with van der Waals surface area (Å²) in [4.78, 5) is 0. The smallest absolute Gasteiger partial charge is 0.0676 e. The minimum Gasteiger partial charge on any atom is -0.348 e. The van der Waals surface area contributed by atoms with E-state index < -0.39 is 6.26 Å². The molecule has 0 aromatic carbocycles. The molecular weight excluding hydrogens is 151 g/mol. The van der Waals surface area contributed by atoms with Gasteiger partial charge in [-0.3, -0.25) is 0 Å². The first kappa shape index (κ1) is 7.71. The summed E-state index contributed by atoms with van der Waals surface area (Å²) in [5.41, 5.74) is 0. The second-order valence-corrected chi connectivity index (χ2v) is 7.48. The molecule has 1 heterocycles. The summed E-state index contributed by atoms with van der Waals surface area (Å²) in [6.45, 7) is 4.25. The molecule has 1 aliphatic heterocycles. The van der Waals surface area contributed by atoms with Gasteiger partial charge < -0.3 is 4.52 Å². The molecule has 2 atom stereocenters. The molecule has 1 rings (SSSR count). The van der Waals surface area contributed by atoms with Gasteiger partial charge in [-0.2, -0.15) is 0 Å². The lowest BCUT2D eigenvalue weighted by molar-refractivity contribution is 0.273. The summed E-state index contributed by atoms with van der Waals surface area (Å²) in [5.74, 6) is 0. The van der Waals surface area contributed by atoms with Crippen molar-refractivity contribution in [2.45, 2.75) is 26.4 Å². The fraction of sp³-hybridized carbons (Fsp3) is 1.00. The molecule has 1 nitrogen and oxygen atoms in total. The largest absolute Gasteiger partial charge is 0.348 e. The Balaban J connectivity index is 2.55. The number of hydrogen-bond donors (Lipinski definition) is 0. The van der Waals surface area contributed by atoms with E-state index in [4.69, 9.17) is 16.3 Å². The number of rotatable bonds is 1. The Hall–Kier alpha value is 0.610. The normalized spacial score (nSPS) is 43.6. The molecule has 0 aliphatic carbocycles. The van der Waals surface area contributed by atoms with Gasteiger partial charge in [0.25, 0.3) is 0 Å². The Morgan fingerprint density at radius 1 is 1.78 bits per heavy atom. The Bertz CT molecular complexity index is 146. The molecule has 0 radical (unpaired) electrons. The first-order valence-electron chi connectivity index (χ1n) is 3.43. The average molecular weight is 164 g/mol. The minimum absolute atomic E-state index is 0.441. The van der Waals surface area contributed by atoms with Crippen molar-refractivity contribution in [1.82, 2.24) is 0 Å². The predicted octanol–water partition coefficient (Wildman–Crippen LogP) is 2.21.